The molecule has 0 fully saturated rings. The molecule has 0 spiro atoms. The second-order valence-electron chi connectivity index (χ2n) is 14.6. The summed E-state index contributed by atoms with van der Waals surface area (Å²) in [5.74, 6) is 2.39. The summed E-state index contributed by atoms with van der Waals surface area (Å²) in [6, 6.07) is 48.6. The average Bonchev–Trinajstić information content (AvgIpc) is 3.62. The average molecular weight is 693 g/mol. The maximum atomic E-state index is 9.95. The van der Waals surface area contributed by atoms with Crippen molar-refractivity contribution in [2.45, 2.75) is 70.0 Å². The molecule has 5 nitrogen and oxygen atoms in total. The highest BCUT2D eigenvalue weighted by atomic mass is 28.4. The van der Waals surface area contributed by atoms with Crippen molar-refractivity contribution in [2.75, 3.05) is 6.61 Å². The van der Waals surface area contributed by atoms with E-state index in [2.05, 4.69) is 129 Å². The van der Waals surface area contributed by atoms with Crippen LogP contribution in [-0.4, -0.2) is 25.0 Å². The summed E-state index contributed by atoms with van der Waals surface area (Å²) in [7, 11) is -2.81. The van der Waals surface area contributed by atoms with Crippen molar-refractivity contribution in [1.29, 1.82) is 0 Å². The van der Waals surface area contributed by atoms with Gasteiger partial charge in [0.2, 0.25) is 5.89 Å². The van der Waals surface area contributed by atoms with Crippen LogP contribution in [0.1, 0.15) is 75.6 Å². The number of nitrogens with zero attached hydrogens (tertiary/aromatic N) is 1. The number of hydrogen-bond acceptors (Lipinski definition) is 5. The van der Waals surface area contributed by atoms with E-state index in [1.54, 1.807) is 0 Å². The lowest BCUT2D eigenvalue weighted by molar-refractivity contribution is 0.259. The number of benzene rings is 5. The van der Waals surface area contributed by atoms with Gasteiger partial charge in [0.05, 0.1) is 6.04 Å². The molecule has 7 rings (SSSR count). The molecule has 1 aliphatic rings. The zero-order chi connectivity index (χ0) is 35.3. The quantitative estimate of drug-likeness (QED) is 0.125. The van der Waals surface area contributed by atoms with E-state index in [0.717, 1.165) is 47.6 Å². The fourth-order valence-electron chi connectivity index (χ4n) is 7.78. The van der Waals surface area contributed by atoms with E-state index >= 15 is 0 Å². The zero-order valence-corrected chi connectivity index (χ0v) is 30.9. The van der Waals surface area contributed by atoms with Crippen molar-refractivity contribution in [3.05, 3.63) is 157 Å². The van der Waals surface area contributed by atoms with E-state index in [4.69, 9.17) is 13.8 Å². The Bertz CT molecular complexity index is 1910. The smallest absolute Gasteiger partial charge is 0.319 e. The molecule has 0 amide bonds. The topological polar surface area (TPSA) is 67.5 Å². The fourth-order valence-corrected chi connectivity index (χ4v) is 12.2. The molecule has 0 bridgehead atoms. The van der Waals surface area contributed by atoms with Gasteiger partial charge in [-0.15, -0.1) is 0 Å². The molecule has 0 saturated carbocycles. The second kappa shape index (κ2) is 15.2. The lowest BCUT2D eigenvalue weighted by Gasteiger charge is -2.44. The van der Waals surface area contributed by atoms with E-state index in [1.165, 1.54) is 21.5 Å². The fraction of sp³-hybridized carbons (Fsp3) is 0.267. The molecule has 5 aromatic carbocycles. The van der Waals surface area contributed by atoms with Gasteiger partial charge < -0.3 is 13.9 Å². The van der Waals surface area contributed by atoms with Gasteiger partial charge in [-0.3, -0.25) is 5.32 Å². The normalized spacial score (nSPS) is 15.3. The standard InChI is InChI=1S/C45H48N2O3Si/c1-45(2,3)51(35-23-12-6-13-24-35,36-25-14-7-15-26-36)50-41-31-17-27-37-38(41)28-16-29-39(37)46-40(30-18-32-48)44-47-42(33-19-8-4-9-20-33)43(49-44)34-21-10-5-11-22-34/h4-15,17,19-27,31,39-40,46,48H,16,18,28-30,32H2,1-3H3. The van der Waals surface area contributed by atoms with Crippen molar-refractivity contribution >= 4 is 18.7 Å². The van der Waals surface area contributed by atoms with Crippen LogP contribution in [0.2, 0.25) is 5.04 Å². The third kappa shape index (κ3) is 7.09. The molecule has 1 aromatic heterocycles. The van der Waals surface area contributed by atoms with Crippen molar-refractivity contribution < 1.29 is 13.9 Å². The summed E-state index contributed by atoms with van der Waals surface area (Å²) in [6.45, 7) is 7.09. The Balaban J connectivity index is 1.27. The number of rotatable bonds is 12. The zero-order valence-electron chi connectivity index (χ0n) is 29.9. The van der Waals surface area contributed by atoms with Gasteiger partial charge in [-0.05, 0) is 64.7 Å². The Morgan fingerprint density at radius 1 is 0.784 bits per heavy atom. The molecule has 260 valence electrons. The molecule has 1 heterocycles. The van der Waals surface area contributed by atoms with Crippen molar-refractivity contribution in [1.82, 2.24) is 10.3 Å². The maximum absolute atomic E-state index is 9.95. The van der Waals surface area contributed by atoms with E-state index < -0.39 is 8.32 Å². The van der Waals surface area contributed by atoms with Crippen molar-refractivity contribution in [3.63, 3.8) is 0 Å². The van der Waals surface area contributed by atoms with Crippen LogP contribution in [0.5, 0.6) is 5.75 Å². The van der Waals surface area contributed by atoms with Crippen LogP contribution >= 0.6 is 0 Å². The van der Waals surface area contributed by atoms with Gasteiger partial charge in [-0.25, -0.2) is 4.98 Å². The Labute approximate surface area is 303 Å². The highest BCUT2D eigenvalue weighted by Gasteiger charge is 2.52. The number of oxazole rings is 1. The minimum absolute atomic E-state index is 0.0763. The first-order valence-corrected chi connectivity index (χ1v) is 20.2. The van der Waals surface area contributed by atoms with E-state index in [0.29, 0.717) is 18.7 Å². The third-order valence-corrected chi connectivity index (χ3v) is 15.2. The SMILES string of the molecule is CC(C)(C)[Si](Oc1cccc2c1CCCC2NC(CCCO)c1nc(-c2ccccc2)c(-c2ccccc2)o1)(c1ccccc1)c1ccccc1. The molecule has 2 unspecified atom stereocenters. The van der Waals surface area contributed by atoms with Crippen molar-refractivity contribution in [2.24, 2.45) is 0 Å². The molecular weight excluding hydrogens is 645 g/mol. The number of hydrogen-bond donors (Lipinski definition) is 2. The van der Waals surface area contributed by atoms with Gasteiger partial charge in [-0.2, -0.15) is 0 Å². The predicted molar refractivity (Wildman–Crippen MR) is 210 cm³/mol. The first kappa shape index (κ1) is 34.7. The number of nitrogens with one attached hydrogen (secondary N) is 1. The number of aliphatic hydroxyl groups excluding tert-OH is 1. The van der Waals surface area contributed by atoms with Crippen LogP contribution < -0.4 is 20.1 Å². The van der Waals surface area contributed by atoms with Gasteiger partial charge in [0, 0.05) is 23.8 Å². The maximum Gasteiger partial charge on any atom is 0.319 e. The summed E-state index contributed by atoms with van der Waals surface area (Å²) in [6.07, 6.45) is 4.32. The van der Waals surface area contributed by atoms with Gasteiger partial charge in [0.15, 0.2) is 5.76 Å². The van der Waals surface area contributed by atoms with Crippen LogP contribution in [-0.2, 0) is 6.42 Å². The van der Waals surface area contributed by atoms with Crippen LogP contribution in [0, 0.1) is 0 Å². The van der Waals surface area contributed by atoms with Gasteiger partial charge in [-0.1, -0.05) is 154 Å². The largest absolute Gasteiger partial charge is 0.534 e. The first-order chi connectivity index (χ1) is 24.9. The van der Waals surface area contributed by atoms with Gasteiger partial charge in [0.1, 0.15) is 11.4 Å². The minimum atomic E-state index is -2.81. The highest BCUT2D eigenvalue weighted by Crippen LogP contribution is 2.43. The van der Waals surface area contributed by atoms with E-state index in [1.807, 2.05) is 36.4 Å². The molecule has 2 atom stereocenters. The summed E-state index contributed by atoms with van der Waals surface area (Å²) in [5.41, 5.74) is 5.38. The molecule has 0 saturated heterocycles. The van der Waals surface area contributed by atoms with Crippen LogP contribution in [0.25, 0.3) is 22.6 Å². The Morgan fingerprint density at radius 2 is 1.37 bits per heavy atom. The lowest BCUT2D eigenvalue weighted by atomic mass is 9.86. The Hall–Kier alpha value is -4.75. The highest BCUT2D eigenvalue weighted by molar-refractivity contribution is 7.00. The summed E-state index contributed by atoms with van der Waals surface area (Å²) < 4.78 is 14.3. The Kier molecular flexibility index (Phi) is 10.4. The molecule has 6 aromatic rings. The van der Waals surface area contributed by atoms with Crippen LogP contribution in [0.4, 0.5) is 0 Å². The minimum Gasteiger partial charge on any atom is -0.534 e. The third-order valence-electron chi connectivity index (χ3n) is 10.2. The number of fused-ring (bicyclic) bond motifs is 1. The number of aromatic nitrogens is 1. The van der Waals surface area contributed by atoms with E-state index in [-0.39, 0.29) is 23.7 Å². The second-order valence-corrected chi connectivity index (χ2v) is 18.8. The summed E-state index contributed by atoms with van der Waals surface area (Å²) in [5, 5.41) is 16.3. The monoisotopic (exact) mass is 692 g/mol. The van der Waals surface area contributed by atoms with Crippen LogP contribution in [0.15, 0.2) is 144 Å². The van der Waals surface area contributed by atoms with E-state index in [9.17, 15) is 5.11 Å². The number of aliphatic hydroxyl groups is 1. The van der Waals surface area contributed by atoms with Crippen LogP contribution in [0.3, 0.4) is 0 Å². The lowest BCUT2D eigenvalue weighted by Crippen LogP contribution is -2.69. The first-order valence-electron chi connectivity index (χ1n) is 18.3. The molecular formula is C45H48N2O3Si. The summed E-state index contributed by atoms with van der Waals surface area (Å²) >= 11 is 0. The Morgan fingerprint density at radius 3 is 1.96 bits per heavy atom. The predicted octanol–water partition coefficient (Wildman–Crippen LogP) is 9.43. The molecule has 0 radical (unpaired) electrons. The molecule has 6 heteroatoms. The van der Waals surface area contributed by atoms with Gasteiger partial charge >= 0.3 is 8.32 Å². The molecule has 1 aliphatic carbocycles. The molecule has 2 N–H and O–H groups in total. The molecule has 0 aliphatic heterocycles. The molecule has 51 heavy (non-hydrogen) atoms. The van der Waals surface area contributed by atoms with Gasteiger partial charge in [0.25, 0.3) is 0 Å². The van der Waals surface area contributed by atoms with Crippen molar-refractivity contribution in [3.8, 4) is 28.3 Å². The summed E-state index contributed by atoms with van der Waals surface area (Å²) in [4.78, 5) is 5.16.